The minimum atomic E-state index is -0.149. The number of nitrogens with one attached hydrogen (secondary N) is 2. The average Bonchev–Trinajstić information content (AvgIpc) is 2.92. The van der Waals surface area contributed by atoms with Gasteiger partial charge in [0.2, 0.25) is 12.8 Å². The maximum absolute atomic E-state index is 11.7. The molecule has 1 aliphatic heterocycles. The van der Waals surface area contributed by atoms with Crippen LogP contribution in [-0.4, -0.2) is 45.8 Å². The number of allylic oxidation sites excluding steroid dienone is 4. The van der Waals surface area contributed by atoms with Gasteiger partial charge in [-0.15, -0.1) is 0 Å². The van der Waals surface area contributed by atoms with E-state index in [1.54, 1.807) is 7.05 Å². The molecule has 1 unspecified atom stereocenters. The van der Waals surface area contributed by atoms with Crippen molar-refractivity contribution in [2.45, 2.75) is 70.6 Å². The number of amides is 2. The molecule has 3 rings (SSSR count). The molecule has 2 N–H and O–H groups in total. The van der Waals surface area contributed by atoms with E-state index in [-0.39, 0.29) is 11.3 Å². The average molecular weight is 551 g/mol. The van der Waals surface area contributed by atoms with E-state index in [1.807, 2.05) is 12.1 Å². The Kier molecular flexibility index (Phi) is 13.8. The lowest BCUT2D eigenvalue weighted by Crippen LogP contribution is -2.41. The van der Waals surface area contributed by atoms with Crippen molar-refractivity contribution in [1.29, 1.82) is 0 Å². The van der Waals surface area contributed by atoms with Gasteiger partial charge in [-0.05, 0) is 74.0 Å². The first-order chi connectivity index (χ1) is 17.9. The van der Waals surface area contributed by atoms with Crippen LogP contribution in [0.2, 0.25) is 5.02 Å². The third-order valence-electron chi connectivity index (χ3n) is 7.33. The van der Waals surface area contributed by atoms with Crippen LogP contribution in [0.4, 0.5) is 5.69 Å². The molecule has 1 aliphatic carbocycles. The Labute approximate surface area is 231 Å². The summed E-state index contributed by atoms with van der Waals surface area (Å²) < 4.78 is 0. The van der Waals surface area contributed by atoms with Crippen LogP contribution in [0.1, 0.15) is 76.2 Å². The number of benzene rings is 1. The van der Waals surface area contributed by atoms with Gasteiger partial charge in [-0.3, -0.25) is 9.59 Å². The molecular formula is C29H41Cl2N3O3. The quantitative estimate of drug-likeness (QED) is 0.229. The molecule has 2 amide bonds. The van der Waals surface area contributed by atoms with E-state index >= 15 is 0 Å². The number of carbonyl (C=O) groups excluding carboxylic acids is 3. The topological polar surface area (TPSA) is 78.5 Å². The zero-order valence-corrected chi connectivity index (χ0v) is 23.6. The molecule has 1 aromatic rings. The smallest absolute Gasteiger partial charge is 0.207 e. The van der Waals surface area contributed by atoms with E-state index in [2.05, 4.69) is 40.7 Å². The van der Waals surface area contributed by atoms with E-state index in [4.69, 9.17) is 28.0 Å². The molecule has 0 bridgehead atoms. The maximum Gasteiger partial charge on any atom is 0.207 e. The lowest BCUT2D eigenvalue weighted by atomic mass is 9.70. The fourth-order valence-corrected chi connectivity index (χ4v) is 5.91. The number of piperidine rings is 1. The minimum Gasteiger partial charge on any atom is -0.370 e. The number of rotatable bonds is 13. The first kappa shape index (κ1) is 30.9. The van der Waals surface area contributed by atoms with Gasteiger partial charge in [-0.25, -0.2) is 0 Å². The van der Waals surface area contributed by atoms with Crippen molar-refractivity contribution in [2.24, 2.45) is 5.41 Å². The summed E-state index contributed by atoms with van der Waals surface area (Å²) in [6.07, 6.45) is 15.6. The normalized spacial score (nSPS) is 17.4. The molecule has 0 radical (unpaired) electrons. The van der Waals surface area contributed by atoms with Gasteiger partial charge >= 0.3 is 0 Å². The molecule has 37 heavy (non-hydrogen) atoms. The van der Waals surface area contributed by atoms with E-state index in [9.17, 15) is 9.59 Å². The summed E-state index contributed by atoms with van der Waals surface area (Å²) in [5.74, 6) is -0.149. The predicted molar refractivity (Wildman–Crippen MR) is 153 cm³/mol. The summed E-state index contributed by atoms with van der Waals surface area (Å²) in [5, 5.41) is 6.76. The second-order valence-corrected chi connectivity index (χ2v) is 10.7. The fourth-order valence-electron chi connectivity index (χ4n) is 5.28. The zero-order chi connectivity index (χ0) is 27.1. The summed E-state index contributed by atoms with van der Waals surface area (Å²) >= 11 is 13.4. The highest BCUT2D eigenvalue weighted by atomic mass is 35.5. The van der Waals surface area contributed by atoms with Crippen LogP contribution in [0.15, 0.2) is 41.0 Å². The van der Waals surface area contributed by atoms with Gasteiger partial charge in [-0.2, -0.15) is 0 Å². The van der Waals surface area contributed by atoms with Gasteiger partial charge in [0, 0.05) is 37.6 Å². The second-order valence-electron chi connectivity index (χ2n) is 9.83. The van der Waals surface area contributed by atoms with Crippen molar-refractivity contribution in [3.63, 3.8) is 0 Å². The molecule has 1 fully saturated rings. The number of anilines is 1. The third kappa shape index (κ3) is 9.19. The molecule has 1 aromatic carbocycles. The van der Waals surface area contributed by atoms with E-state index < -0.39 is 0 Å². The highest BCUT2D eigenvalue weighted by Crippen LogP contribution is 2.46. The zero-order valence-electron chi connectivity index (χ0n) is 22.1. The first-order valence-electron chi connectivity index (χ1n) is 13.3. The lowest BCUT2D eigenvalue weighted by molar-refractivity contribution is -0.110. The molecule has 2 aliphatic rings. The molecule has 1 saturated heterocycles. The van der Waals surface area contributed by atoms with Gasteiger partial charge in [-0.1, -0.05) is 60.8 Å². The van der Waals surface area contributed by atoms with E-state index in [0.717, 1.165) is 99.9 Å². The first-order valence-corrected chi connectivity index (χ1v) is 14.0. The molecule has 1 atom stereocenters. The van der Waals surface area contributed by atoms with Crippen LogP contribution in [0.3, 0.4) is 0 Å². The third-order valence-corrected chi connectivity index (χ3v) is 8.17. The fraction of sp³-hybridized carbons (Fsp3) is 0.552. The van der Waals surface area contributed by atoms with Crippen LogP contribution < -0.4 is 15.5 Å². The van der Waals surface area contributed by atoms with Crippen LogP contribution in [-0.2, 0) is 14.4 Å². The Morgan fingerprint density at radius 1 is 1.14 bits per heavy atom. The van der Waals surface area contributed by atoms with Gasteiger partial charge in [0.25, 0.3) is 0 Å². The second kappa shape index (κ2) is 16.5. The lowest BCUT2D eigenvalue weighted by Gasteiger charge is -2.44. The van der Waals surface area contributed by atoms with Crippen molar-refractivity contribution in [2.75, 3.05) is 31.6 Å². The molecule has 204 valence electrons. The largest absolute Gasteiger partial charge is 0.370 e. The molecule has 8 heteroatoms. The number of aldehydes is 1. The number of hydrogen-bond acceptors (Lipinski definition) is 4. The Morgan fingerprint density at radius 2 is 1.86 bits per heavy atom. The maximum atomic E-state index is 11.7. The molecule has 6 nitrogen and oxygen atoms in total. The van der Waals surface area contributed by atoms with E-state index in [1.165, 1.54) is 5.57 Å². The van der Waals surface area contributed by atoms with Crippen LogP contribution >= 0.6 is 23.2 Å². The predicted octanol–water partition coefficient (Wildman–Crippen LogP) is 6.13. The number of hydrogen-bond donors (Lipinski definition) is 2. The van der Waals surface area contributed by atoms with Gasteiger partial charge in [0.15, 0.2) is 0 Å². The minimum absolute atomic E-state index is 0.149. The van der Waals surface area contributed by atoms with Crippen molar-refractivity contribution in [3.8, 4) is 0 Å². The number of nitrogens with zero attached hydrogens (tertiary/aromatic N) is 1. The standard InChI is InChI=1S/C27H36Cl2N2O2.C2H5NO/c1-2-7-22(19-32)23-9-5-11-25(26(23)29)31-16-13-27(14-17-31,12-6-15-30-20-33)18-21-8-3-4-10-24(21)28;1-3-2-4/h3,5,8-9,11,19-20,22H,2,4,6-7,10,12-18H2,1H3,(H,30,33);2H,1H3,(H,3,4). The van der Waals surface area contributed by atoms with Crippen LogP contribution in [0, 0.1) is 5.41 Å². The van der Waals surface area contributed by atoms with Crippen molar-refractivity contribution in [1.82, 2.24) is 10.6 Å². The van der Waals surface area contributed by atoms with Crippen molar-refractivity contribution >= 4 is 48.0 Å². The summed E-state index contributed by atoms with van der Waals surface area (Å²) in [6, 6.07) is 6.08. The Bertz CT molecular complexity index is 940. The molecule has 0 spiro atoms. The number of halogens is 2. The highest BCUT2D eigenvalue weighted by Gasteiger charge is 2.36. The molecule has 1 heterocycles. The SMILES string of the molecule is CCCC(C=O)c1cccc(N2CCC(CCCNC=O)(CC3=C(Cl)CCC=C3)CC2)c1Cl.CNC=O. The Morgan fingerprint density at radius 3 is 2.46 bits per heavy atom. The molecular weight excluding hydrogens is 509 g/mol. The van der Waals surface area contributed by atoms with Gasteiger partial charge < -0.3 is 20.3 Å². The van der Waals surface area contributed by atoms with Gasteiger partial charge in [0.05, 0.1) is 10.7 Å². The number of carbonyl (C=O) groups is 3. The molecule has 0 saturated carbocycles. The summed E-state index contributed by atoms with van der Waals surface area (Å²) in [4.78, 5) is 33.8. The summed E-state index contributed by atoms with van der Waals surface area (Å²) in [7, 11) is 1.56. The Hall–Kier alpha value is -2.31. The highest BCUT2D eigenvalue weighted by molar-refractivity contribution is 6.34. The van der Waals surface area contributed by atoms with Crippen LogP contribution in [0.25, 0.3) is 0 Å². The van der Waals surface area contributed by atoms with Crippen LogP contribution in [0.5, 0.6) is 0 Å². The van der Waals surface area contributed by atoms with Crippen molar-refractivity contribution in [3.05, 3.63) is 51.5 Å². The summed E-state index contributed by atoms with van der Waals surface area (Å²) in [6.45, 7) is 4.62. The summed E-state index contributed by atoms with van der Waals surface area (Å²) in [5.41, 5.74) is 3.40. The molecule has 0 aromatic heterocycles. The monoisotopic (exact) mass is 549 g/mol. The van der Waals surface area contributed by atoms with Crippen molar-refractivity contribution < 1.29 is 14.4 Å². The Balaban J connectivity index is 0.00000112. The van der Waals surface area contributed by atoms with Gasteiger partial charge in [0.1, 0.15) is 6.29 Å². The van der Waals surface area contributed by atoms with E-state index in [0.29, 0.717) is 18.0 Å².